The fourth-order valence-electron chi connectivity index (χ4n) is 2.05. The van der Waals surface area contributed by atoms with Crippen molar-refractivity contribution in [3.8, 4) is 5.75 Å². The van der Waals surface area contributed by atoms with Crippen molar-refractivity contribution >= 4 is 17.0 Å². The summed E-state index contributed by atoms with van der Waals surface area (Å²) >= 11 is 0. The van der Waals surface area contributed by atoms with E-state index in [9.17, 15) is 4.79 Å². The summed E-state index contributed by atoms with van der Waals surface area (Å²) in [5.41, 5.74) is 0.846. The lowest BCUT2D eigenvalue weighted by atomic mass is 10.2. The molecule has 1 fully saturated rings. The van der Waals surface area contributed by atoms with Crippen molar-refractivity contribution in [3.63, 3.8) is 0 Å². The second-order valence-electron chi connectivity index (χ2n) is 4.17. The van der Waals surface area contributed by atoms with E-state index >= 15 is 0 Å². The molecular formula is C13H14N2O3. The van der Waals surface area contributed by atoms with Gasteiger partial charge < -0.3 is 19.4 Å². The number of aromatic amines is 1. The highest BCUT2D eigenvalue weighted by atomic mass is 16.6. The molecule has 18 heavy (non-hydrogen) atoms. The van der Waals surface area contributed by atoms with E-state index in [1.54, 1.807) is 11.0 Å². The first kappa shape index (κ1) is 11.1. The van der Waals surface area contributed by atoms with Gasteiger partial charge in [-0.25, -0.2) is 4.79 Å². The molecule has 0 saturated carbocycles. The van der Waals surface area contributed by atoms with Gasteiger partial charge in [-0.2, -0.15) is 0 Å². The molecule has 1 aromatic carbocycles. The molecule has 1 saturated heterocycles. The summed E-state index contributed by atoms with van der Waals surface area (Å²) in [7, 11) is 0. The maximum Gasteiger partial charge on any atom is 0.415 e. The highest BCUT2D eigenvalue weighted by Gasteiger charge is 2.19. The summed E-state index contributed by atoms with van der Waals surface area (Å²) in [6.07, 6.45) is 1.51. The van der Waals surface area contributed by atoms with Crippen molar-refractivity contribution in [3.05, 3.63) is 30.5 Å². The van der Waals surface area contributed by atoms with Crippen molar-refractivity contribution < 1.29 is 14.3 Å². The van der Waals surface area contributed by atoms with Gasteiger partial charge in [0, 0.05) is 24.7 Å². The highest BCUT2D eigenvalue weighted by molar-refractivity contribution is 5.87. The first-order valence-electron chi connectivity index (χ1n) is 5.95. The van der Waals surface area contributed by atoms with Crippen molar-refractivity contribution in [2.75, 3.05) is 26.3 Å². The maximum absolute atomic E-state index is 12.0. The van der Waals surface area contributed by atoms with Gasteiger partial charge in [0.1, 0.15) is 0 Å². The number of morpholine rings is 1. The maximum atomic E-state index is 12.0. The van der Waals surface area contributed by atoms with E-state index in [1.165, 1.54) is 0 Å². The van der Waals surface area contributed by atoms with E-state index < -0.39 is 0 Å². The molecule has 3 rings (SSSR count). The van der Waals surface area contributed by atoms with Gasteiger partial charge in [-0.15, -0.1) is 0 Å². The molecule has 1 aromatic heterocycles. The number of para-hydroxylation sites is 1. The number of hydrogen-bond acceptors (Lipinski definition) is 3. The van der Waals surface area contributed by atoms with E-state index in [2.05, 4.69) is 4.98 Å². The highest BCUT2D eigenvalue weighted by Crippen LogP contribution is 2.24. The molecule has 94 valence electrons. The van der Waals surface area contributed by atoms with Gasteiger partial charge in [0.25, 0.3) is 0 Å². The lowest BCUT2D eigenvalue weighted by Gasteiger charge is -2.25. The topological polar surface area (TPSA) is 54.6 Å². The molecule has 2 aromatic rings. The molecule has 1 aliphatic rings. The van der Waals surface area contributed by atoms with Crippen LogP contribution in [0.5, 0.6) is 5.75 Å². The average molecular weight is 246 g/mol. The van der Waals surface area contributed by atoms with E-state index in [4.69, 9.17) is 9.47 Å². The first-order valence-corrected chi connectivity index (χ1v) is 5.95. The number of amides is 1. The number of benzene rings is 1. The predicted octanol–water partition coefficient (Wildman–Crippen LogP) is 2.00. The fourth-order valence-corrected chi connectivity index (χ4v) is 2.05. The van der Waals surface area contributed by atoms with Crippen LogP contribution in [0.15, 0.2) is 30.5 Å². The van der Waals surface area contributed by atoms with Gasteiger partial charge in [0.15, 0.2) is 5.75 Å². The first-order chi connectivity index (χ1) is 8.84. The van der Waals surface area contributed by atoms with Crippen LogP contribution in [0.3, 0.4) is 0 Å². The second kappa shape index (κ2) is 4.70. The summed E-state index contributed by atoms with van der Waals surface area (Å²) in [6.45, 7) is 2.31. The Balaban J connectivity index is 1.79. The Morgan fingerprint density at radius 3 is 2.94 bits per heavy atom. The number of carbonyl (C=O) groups excluding carboxylic acids is 1. The number of aromatic nitrogens is 1. The number of rotatable bonds is 1. The number of ether oxygens (including phenoxy) is 2. The van der Waals surface area contributed by atoms with Gasteiger partial charge >= 0.3 is 6.09 Å². The minimum atomic E-state index is -0.319. The number of nitrogens with zero attached hydrogens (tertiary/aromatic N) is 1. The minimum absolute atomic E-state index is 0.319. The second-order valence-corrected chi connectivity index (χ2v) is 4.17. The SMILES string of the molecule is O=C(Oc1cccc2cc[nH]c12)N1CCOCC1. The van der Waals surface area contributed by atoms with Crippen molar-refractivity contribution in [1.29, 1.82) is 0 Å². The molecule has 0 atom stereocenters. The largest absolute Gasteiger partial charge is 0.415 e. The Kier molecular flexibility index (Phi) is 2.90. The zero-order chi connectivity index (χ0) is 12.4. The summed E-state index contributed by atoms with van der Waals surface area (Å²) in [4.78, 5) is 16.7. The monoisotopic (exact) mass is 246 g/mol. The molecule has 2 heterocycles. The van der Waals surface area contributed by atoms with Crippen molar-refractivity contribution in [2.45, 2.75) is 0 Å². The number of nitrogens with one attached hydrogen (secondary N) is 1. The van der Waals surface area contributed by atoms with Crippen LogP contribution in [0.1, 0.15) is 0 Å². The Morgan fingerprint density at radius 1 is 1.28 bits per heavy atom. The third-order valence-corrected chi connectivity index (χ3v) is 3.02. The van der Waals surface area contributed by atoms with Crippen LogP contribution in [-0.4, -0.2) is 42.3 Å². The average Bonchev–Trinajstić information content (AvgIpc) is 2.89. The molecule has 1 aliphatic heterocycles. The molecule has 1 N–H and O–H groups in total. The van der Waals surface area contributed by atoms with Crippen LogP contribution in [0.25, 0.3) is 10.9 Å². The summed E-state index contributed by atoms with van der Waals surface area (Å²) in [5.74, 6) is 0.564. The number of carbonyl (C=O) groups is 1. The Hall–Kier alpha value is -2.01. The third kappa shape index (κ3) is 2.04. The summed E-state index contributed by atoms with van der Waals surface area (Å²) < 4.78 is 10.6. The quantitative estimate of drug-likeness (QED) is 0.837. The summed E-state index contributed by atoms with van der Waals surface area (Å²) in [6, 6.07) is 7.58. The van der Waals surface area contributed by atoms with Gasteiger partial charge in [0.05, 0.1) is 18.7 Å². The molecule has 1 amide bonds. The molecule has 0 aliphatic carbocycles. The van der Waals surface area contributed by atoms with Crippen LogP contribution in [0, 0.1) is 0 Å². The van der Waals surface area contributed by atoms with Gasteiger partial charge in [-0.3, -0.25) is 0 Å². The fraction of sp³-hybridized carbons (Fsp3) is 0.308. The van der Waals surface area contributed by atoms with Crippen molar-refractivity contribution in [1.82, 2.24) is 9.88 Å². The Morgan fingerprint density at radius 2 is 2.11 bits per heavy atom. The zero-order valence-electron chi connectivity index (χ0n) is 9.89. The molecule has 5 nitrogen and oxygen atoms in total. The smallest absolute Gasteiger partial charge is 0.408 e. The molecule has 5 heteroatoms. The van der Waals surface area contributed by atoms with Crippen LogP contribution < -0.4 is 4.74 Å². The number of H-pyrrole nitrogens is 1. The Labute approximate surface area is 104 Å². The van der Waals surface area contributed by atoms with Crippen LogP contribution in [-0.2, 0) is 4.74 Å². The standard InChI is InChI=1S/C13H14N2O3/c16-13(15-6-8-17-9-7-15)18-11-3-1-2-10-4-5-14-12(10)11/h1-5,14H,6-9H2. The number of fused-ring (bicyclic) bond motifs is 1. The normalized spacial score (nSPS) is 15.9. The zero-order valence-corrected chi connectivity index (χ0v) is 9.89. The minimum Gasteiger partial charge on any atom is -0.408 e. The Bertz CT molecular complexity index is 558. The van der Waals surface area contributed by atoms with E-state index in [1.807, 2.05) is 24.4 Å². The molecule has 0 radical (unpaired) electrons. The van der Waals surface area contributed by atoms with Crippen LogP contribution >= 0.6 is 0 Å². The molecule has 0 bridgehead atoms. The summed E-state index contributed by atoms with van der Waals surface area (Å²) in [5, 5.41) is 1.03. The lowest BCUT2D eigenvalue weighted by molar-refractivity contribution is 0.0417. The van der Waals surface area contributed by atoms with E-state index in [-0.39, 0.29) is 6.09 Å². The van der Waals surface area contributed by atoms with Gasteiger partial charge in [-0.05, 0) is 12.1 Å². The van der Waals surface area contributed by atoms with E-state index in [0.717, 1.165) is 10.9 Å². The van der Waals surface area contributed by atoms with Gasteiger partial charge in [0.2, 0.25) is 0 Å². The van der Waals surface area contributed by atoms with E-state index in [0.29, 0.717) is 32.1 Å². The molecule has 0 unspecified atom stereocenters. The van der Waals surface area contributed by atoms with Crippen LogP contribution in [0.4, 0.5) is 4.79 Å². The third-order valence-electron chi connectivity index (χ3n) is 3.02. The lowest BCUT2D eigenvalue weighted by Crippen LogP contribution is -2.42. The molecular weight excluding hydrogens is 232 g/mol. The van der Waals surface area contributed by atoms with Gasteiger partial charge in [-0.1, -0.05) is 12.1 Å². The molecule has 0 spiro atoms. The predicted molar refractivity (Wildman–Crippen MR) is 66.7 cm³/mol. The number of hydrogen-bond donors (Lipinski definition) is 1. The van der Waals surface area contributed by atoms with Crippen LogP contribution in [0.2, 0.25) is 0 Å². The van der Waals surface area contributed by atoms with Crippen molar-refractivity contribution in [2.24, 2.45) is 0 Å².